The SMILES string of the molecule is CCCCCCCC/C=C\CCCCCCCCCCCC(=O)OCCCCCC/C=C\CCCC(=O)NC(CO)C(O)CCCCCCCCCCCCCCCCCCCCCCCC. The molecule has 0 aliphatic heterocycles. The van der Waals surface area contributed by atoms with Crippen LogP contribution in [-0.2, 0) is 14.3 Å². The molecule has 0 saturated heterocycles. The van der Waals surface area contributed by atoms with Crippen LogP contribution in [0, 0.1) is 0 Å². The highest BCUT2D eigenvalue weighted by Crippen LogP contribution is 2.17. The first kappa shape index (κ1) is 65.3. The van der Waals surface area contributed by atoms with Gasteiger partial charge in [0.25, 0.3) is 0 Å². The average Bonchev–Trinajstić information content (AvgIpc) is 3.33. The van der Waals surface area contributed by atoms with Crippen LogP contribution in [0.4, 0.5) is 0 Å². The molecule has 0 fully saturated rings. The number of allylic oxidation sites excluding steroid dienone is 4. The van der Waals surface area contributed by atoms with Crippen molar-refractivity contribution < 1.29 is 24.5 Å². The van der Waals surface area contributed by atoms with E-state index in [1.54, 1.807) is 0 Å². The molecule has 0 aliphatic rings. The second kappa shape index (κ2) is 56.9. The van der Waals surface area contributed by atoms with Crippen molar-refractivity contribution in [2.75, 3.05) is 13.2 Å². The van der Waals surface area contributed by atoms with Gasteiger partial charge >= 0.3 is 5.97 Å². The Morgan fingerprint density at radius 3 is 1.09 bits per heavy atom. The first-order valence-electron chi connectivity index (χ1n) is 30.1. The standard InChI is InChI=1S/C61H117NO5/c1-3-5-7-9-11-13-15-17-19-21-23-24-25-27-28-30-32-34-37-41-45-49-53-59(64)58(57-63)62-60(65)54-50-46-42-38-36-40-44-48-52-56-67-61(66)55-51-47-43-39-35-33-31-29-26-22-20-18-16-14-12-10-8-6-4-2/h18,20,38,42,58-59,63-64H,3-17,19,21-37,39-41,43-57H2,1-2H3,(H,62,65)/b20-18-,42-38-. The zero-order chi connectivity index (χ0) is 48.6. The number of esters is 1. The maximum absolute atomic E-state index is 12.5. The van der Waals surface area contributed by atoms with E-state index < -0.39 is 12.1 Å². The monoisotopic (exact) mass is 944 g/mol. The summed E-state index contributed by atoms with van der Waals surface area (Å²) in [6, 6.07) is -0.580. The van der Waals surface area contributed by atoms with Gasteiger partial charge in [-0.15, -0.1) is 0 Å². The number of aliphatic hydroxyl groups excluding tert-OH is 2. The number of hydrogen-bond donors (Lipinski definition) is 3. The lowest BCUT2D eigenvalue weighted by Crippen LogP contribution is -2.45. The molecule has 0 aromatic rings. The van der Waals surface area contributed by atoms with Crippen molar-refractivity contribution in [1.82, 2.24) is 5.32 Å². The molecule has 6 heteroatoms. The van der Waals surface area contributed by atoms with Crippen LogP contribution in [0.3, 0.4) is 0 Å². The van der Waals surface area contributed by atoms with E-state index in [-0.39, 0.29) is 18.5 Å². The Balaban J connectivity index is 3.50. The summed E-state index contributed by atoms with van der Waals surface area (Å²) in [5.41, 5.74) is 0. The fraction of sp³-hybridized carbons (Fsp3) is 0.902. The van der Waals surface area contributed by atoms with Gasteiger partial charge in [0.1, 0.15) is 0 Å². The third-order valence-corrected chi connectivity index (χ3v) is 14.0. The topological polar surface area (TPSA) is 95.9 Å². The molecule has 6 nitrogen and oxygen atoms in total. The van der Waals surface area contributed by atoms with E-state index in [9.17, 15) is 19.8 Å². The minimum absolute atomic E-state index is 0.0351. The van der Waals surface area contributed by atoms with Crippen molar-refractivity contribution >= 4 is 11.9 Å². The minimum atomic E-state index is -0.696. The van der Waals surface area contributed by atoms with Gasteiger partial charge in [-0.25, -0.2) is 0 Å². The van der Waals surface area contributed by atoms with Gasteiger partial charge in [-0.1, -0.05) is 269 Å². The van der Waals surface area contributed by atoms with Crippen LogP contribution in [0.25, 0.3) is 0 Å². The quantitative estimate of drug-likeness (QED) is 0.0321. The van der Waals surface area contributed by atoms with Crippen molar-refractivity contribution in [3.63, 3.8) is 0 Å². The fourth-order valence-electron chi connectivity index (χ4n) is 9.35. The van der Waals surface area contributed by atoms with Gasteiger partial charge in [0.2, 0.25) is 5.91 Å². The number of amides is 1. The second-order valence-corrected chi connectivity index (χ2v) is 20.7. The van der Waals surface area contributed by atoms with Gasteiger partial charge in [0.15, 0.2) is 0 Å². The molecule has 0 heterocycles. The van der Waals surface area contributed by atoms with Gasteiger partial charge in [0.05, 0.1) is 25.4 Å². The Bertz CT molecular complexity index is 1040. The number of ether oxygens (including phenoxy) is 1. The molecule has 1 amide bonds. The lowest BCUT2D eigenvalue weighted by atomic mass is 10.0. The molecule has 0 bridgehead atoms. The third-order valence-electron chi connectivity index (χ3n) is 14.0. The first-order chi connectivity index (χ1) is 33.0. The number of rotatable bonds is 56. The van der Waals surface area contributed by atoms with E-state index in [0.29, 0.717) is 25.9 Å². The van der Waals surface area contributed by atoms with E-state index in [1.165, 1.54) is 225 Å². The number of hydrogen-bond acceptors (Lipinski definition) is 5. The highest BCUT2D eigenvalue weighted by atomic mass is 16.5. The van der Waals surface area contributed by atoms with Gasteiger partial charge in [-0.2, -0.15) is 0 Å². The average molecular weight is 945 g/mol. The minimum Gasteiger partial charge on any atom is -0.466 e. The van der Waals surface area contributed by atoms with E-state index in [4.69, 9.17) is 4.74 Å². The largest absolute Gasteiger partial charge is 0.466 e. The lowest BCUT2D eigenvalue weighted by Gasteiger charge is -2.22. The van der Waals surface area contributed by atoms with Crippen molar-refractivity contribution in [2.24, 2.45) is 0 Å². The molecule has 3 N–H and O–H groups in total. The lowest BCUT2D eigenvalue weighted by molar-refractivity contribution is -0.143. The summed E-state index contributed by atoms with van der Waals surface area (Å²) in [5.74, 6) is -0.127. The molecular weight excluding hydrogens is 827 g/mol. The normalized spacial score (nSPS) is 12.7. The Morgan fingerprint density at radius 2 is 0.716 bits per heavy atom. The van der Waals surface area contributed by atoms with E-state index in [0.717, 1.165) is 70.6 Å². The maximum Gasteiger partial charge on any atom is 0.305 e. The van der Waals surface area contributed by atoms with E-state index >= 15 is 0 Å². The molecule has 0 aliphatic carbocycles. The van der Waals surface area contributed by atoms with Crippen LogP contribution in [-0.4, -0.2) is 47.4 Å². The zero-order valence-electron chi connectivity index (χ0n) is 45.1. The second-order valence-electron chi connectivity index (χ2n) is 20.7. The molecule has 0 rings (SSSR count). The molecule has 2 atom stereocenters. The van der Waals surface area contributed by atoms with Crippen molar-refractivity contribution in [1.29, 1.82) is 0 Å². The van der Waals surface area contributed by atoms with Gasteiger partial charge in [-0.05, 0) is 70.6 Å². The van der Waals surface area contributed by atoms with Crippen LogP contribution < -0.4 is 5.32 Å². The molecule has 396 valence electrons. The molecule has 0 spiro atoms. The Morgan fingerprint density at radius 1 is 0.403 bits per heavy atom. The first-order valence-corrected chi connectivity index (χ1v) is 30.1. The molecular formula is C61H117NO5. The van der Waals surface area contributed by atoms with Crippen LogP contribution in [0.1, 0.15) is 328 Å². The predicted octanol–water partition coefficient (Wildman–Crippen LogP) is 18.6. The summed E-state index contributed by atoms with van der Waals surface area (Å²) in [4.78, 5) is 24.6. The highest BCUT2D eigenvalue weighted by Gasteiger charge is 2.20. The van der Waals surface area contributed by atoms with Gasteiger partial charge in [0, 0.05) is 12.8 Å². The number of nitrogens with one attached hydrogen (secondary N) is 1. The molecule has 0 aromatic heterocycles. The molecule has 0 saturated carbocycles. The van der Waals surface area contributed by atoms with E-state index in [1.807, 2.05) is 0 Å². The summed E-state index contributed by atoms with van der Waals surface area (Å²) in [6.07, 6.45) is 69.0. The third kappa shape index (κ3) is 53.5. The van der Waals surface area contributed by atoms with Crippen LogP contribution >= 0.6 is 0 Å². The Labute approximate surface area is 418 Å². The smallest absolute Gasteiger partial charge is 0.305 e. The zero-order valence-corrected chi connectivity index (χ0v) is 45.1. The van der Waals surface area contributed by atoms with Gasteiger partial charge in [-0.3, -0.25) is 9.59 Å². The number of carbonyl (C=O) groups excluding carboxylic acids is 2. The number of unbranched alkanes of at least 4 members (excludes halogenated alkanes) is 41. The summed E-state index contributed by atoms with van der Waals surface area (Å²) < 4.78 is 5.46. The summed E-state index contributed by atoms with van der Waals surface area (Å²) >= 11 is 0. The summed E-state index contributed by atoms with van der Waals surface area (Å²) in [5, 5.41) is 23.3. The Kier molecular flexibility index (Phi) is 55.5. The molecule has 0 aromatic carbocycles. The van der Waals surface area contributed by atoms with Crippen LogP contribution in [0.2, 0.25) is 0 Å². The fourth-order valence-corrected chi connectivity index (χ4v) is 9.35. The summed E-state index contributed by atoms with van der Waals surface area (Å²) in [7, 11) is 0. The highest BCUT2D eigenvalue weighted by molar-refractivity contribution is 5.76. The number of carbonyl (C=O) groups is 2. The van der Waals surface area contributed by atoms with E-state index in [2.05, 4.69) is 43.5 Å². The van der Waals surface area contributed by atoms with Crippen LogP contribution in [0.15, 0.2) is 24.3 Å². The molecule has 0 radical (unpaired) electrons. The van der Waals surface area contributed by atoms with Gasteiger partial charge < -0.3 is 20.3 Å². The Hall–Kier alpha value is -1.66. The number of aliphatic hydroxyl groups is 2. The van der Waals surface area contributed by atoms with Crippen molar-refractivity contribution in [3.05, 3.63) is 24.3 Å². The predicted molar refractivity (Wildman–Crippen MR) is 292 cm³/mol. The van der Waals surface area contributed by atoms with Crippen molar-refractivity contribution in [2.45, 2.75) is 341 Å². The van der Waals surface area contributed by atoms with Crippen LogP contribution in [0.5, 0.6) is 0 Å². The molecule has 67 heavy (non-hydrogen) atoms. The summed E-state index contributed by atoms with van der Waals surface area (Å²) in [6.45, 7) is 4.88. The maximum atomic E-state index is 12.5. The molecule has 2 unspecified atom stereocenters. The van der Waals surface area contributed by atoms with Crippen molar-refractivity contribution in [3.8, 4) is 0 Å².